The van der Waals surface area contributed by atoms with Crippen molar-refractivity contribution in [1.82, 2.24) is 19.5 Å². The Bertz CT molecular complexity index is 1720. The maximum absolute atomic E-state index is 13.4. The summed E-state index contributed by atoms with van der Waals surface area (Å²) in [5.41, 5.74) is 6.28. The fourth-order valence-corrected chi connectivity index (χ4v) is 4.98. The SMILES string of the molecule is C=C(C(=O)N1CCCC1c1nc(-c2ccc(C(=O)Nc3cc(C(F)(F)F)ccn3)cc2)c(C(N)=O)n1N)c1ccccc1. The standard InChI is InChI=1S/C30H26F3N7O3/c1-17(18-6-3-2-4-7-18)29(43)39-15-5-8-22(39)27-38-24(25(26(34)41)40(27)35)19-9-11-20(12-10-19)28(42)37-23-16-21(13-14-36-23)30(31,32)33/h2-4,6-7,9-14,16,22H,1,5,8,15,35H2,(H2,34,41)(H,36,37,42). The van der Waals surface area contributed by atoms with E-state index < -0.39 is 29.6 Å². The van der Waals surface area contributed by atoms with Gasteiger partial charge in [-0.2, -0.15) is 13.2 Å². The van der Waals surface area contributed by atoms with Crippen LogP contribution in [0.5, 0.6) is 0 Å². The monoisotopic (exact) mass is 589 g/mol. The van der Waals surface area contributed by atoms with Gasteiger partial charge in [0, 0.05) is 29.4 Å². The summed E-state index contributed by atoms with van der Waals surface area (Å²) >= 11 is 0. The number of pyridine rings is 1. The second-order valence-electron chi connectivity index (χ2n) is 9.86. The van der Waals surface area contributed by atoms with Gasteiger partial charge >= 0.3 is 6.18 Å². The molecule has 1 aliphatic heterocycles. The number of nitrogens with two attached hydrogens (primary N) is 2. The van der Waals surface area contributed by atoms with E-state index in [2.05, 4.69) is 21.9 Å². The quantitative estimate of drug-likeness (QED) is 0.215. The van der Waals surface area contributed by atoms with Gasteiger partial charge in [0.05, 0.1) is 11.6 Å². The number of amides is 3. The number of nitrogens with one attached hydrogen (secondary N) is 1. The summed E-state index contributed by atoms with van der Waals surface area (Å²) in [7, 11) is 0. The first-order chi connectivity index (χ1) is 20.5. The van der Waals surface area contributed by atoms with Crippen molar-refractivity contribution < 1.29 is 27.6 Å². The molecule has 43 heavy (non-hydrogen) atoms. The molecule has 0 saturated carbocycles. The van der Waals surface area contributed by atoms with Crippen molar-refractivity contribution in [2.45, 2.75) is 25.1 Å². The van der Waals surface area contributed by atoms with Crippen LogP contribution in [0.3, 0.4) is 0 Å². The Morgan fingerprint density at radius 3 is 2.35 bits per heavy atom. The lowest BCUT2D eigenvalue weighted by Crippen LogP contribution is -2.34. The lowest BCUT2D eigenvalue weighted by Gasteiger charge is -2.25. The lowest BCUT2D eigenvalue weighted by atomic mass is 10.1. The van der Waals surface area contributed by atoms with Gasteiger partial charge in [-0.1, -0.05) is 49.0 Å². The molecule has 2 aromatic heterocycles. The molecule has 1 aliphatic rings. The van der Waals surface area contributed by atoms with E-state index >= 15 is 0 Å². The van der Waals surface area contributed by atoms with Crippen LogP contribution in [0.15, 0.2) is 79.5 Å². The minimum atomic E-state index is -4.59. The van der Waals surface area contributed by atoms with Gasteiger partial charge in [0.15, 0.2) is 11.5 Å². The Balaban J connectivity index is 1.40. The average molecular weight is 590 g/mol. The third-order valence-corrected chi connectivity index (χ3v) is 7.11. The molecule has 1 unspecified atom stereocenters. The van der Waals surface area contributed by atoms with Crippen LogP contribution in [0.1, 0.15) is 56.7 Å². The number of carbonyl (C=O) groups excluding carboxylic acids is 3. The van der Waals surface area contributed by atoms with Gasteiger partial charge in [0.1, 0.15) is 11.5 Å². The number of carbonyl (C=O) groups is 3. The van der Waals surface area contributed by atoms with Gasteiger partial charge in [0.2, 0.25) is 0 Å². The number of rotatable bonds is 7. The summed E-state index contributed by atoms with van der Waals surface area (Å²) < 4.78 is 40.1. The first-order valence-corrected chi connectivity index (χ1v) is 13.1. The van der Waals surface area contributed by atoms with Crippen LogP contribution in [0.2, 0.25) is 0 Å². The number of nitrogens with zero attached hydrogens (tertiary/aromatic N) is 4. The second kappa shape index (κ2) is 11.4. The average Bonchev–Trinajstić information content (AvgIpc) is 3.61. The van der Waals surface area contributed by atoms with Crippen LogP contribution in [-0.4, -0.2) is 43.8 Å². The summed E-state index contributed by atoms with van der Waals surface area (Å²) in [5, 5.41) is 2.34. The van der Waals surface area contributed by atoms with E-state index in [0.29, 0.717) is 36.1 Å². The van der Waals surface area contributed by atoms with Gasteiger partial charge in [-0.15, -0.1) is 0 Å². The van der Waals surface area contributed by atoms with E-state index in [1.807, 2.05) is 18.2 Å². The summed E-state index contributed by atoms with van der Waals surface area (Å²) in [4.78, 5) is 48.6. The molecule has 13 heteroatoms. The highest BCUT2D eigenvalue weighted by Crippen LogP contribution is 2.36. The third kappa shape index (κ3) is 5.82. The van der Waals surface area contributed by atoms with Crippen molar-refractivity contribution in [1.29, 1.82) is 0 Å². The highest BCUT2D eigenvalue weighted by molar-refractivity contribution is 6.18. The number of hydrogen-bond acceptors (Lipinski definition) is 6. The van der Waals surface area contributed by atoms with Gasteiger partial charge < -0.3 is 21.8 Å². The first-order valence-electron chi connectivity index (χ1n) is 13.1. The second-order valence-corrected chi connectivity index (χ2v) is 9.86. The minimum absolute atomic E-state index is 0.0958. The van der Waals surface area contributed by atoms with Crippen LogP contribution in [0.25, 0.3) is 16.8 Å². The van der Waals surface area contributed by atoms with Crippen molar-refractivity contribution >= 4 is 29.1 Å². The molecule has 1 atom stereocenters. The van der Waals surface area contributed by atoms with Crippen LogP contribution in [-0.2, 0) is 11.0 Å². The molecule has 4 aromatic rings. The topological polar surface area (TPSA) is 149 Å². The van der Waals surface area contributed by atoms with Crippen molar-refractivity contribution in [3.63, 3.8) is 0 Å². The van der Waals surface area contributed by atoms with E-state index in [-0.39, 0.29) is 34.5 Å². The predicted molar refractivity (Wildman–Crippen MR) is 153 cm³/mol. The van der Waals surface area contributed by atoms with E-state index in [9.17, 15) is 27.6 Å². The van der Waals surface area contributed by atoms with Crippen LogP contribution < -0.4 is 16.9 Å². The summed E-state index contributed by atoms with van der Waals surface area (Å²) in [6.45, 7) is 4.41. The molecule has 220 valence electrons. The van der Waals surface area contributed by atoms with Crippen molar-refractivity contribution in [2.75, 3.05) is 17.7 Å². The van der Waals surface area contributed by atoms with Crippen LogP contribution in [0, 0.1) is 0 Å². The number of aromatic nitrogens is 3. The molecule has 10 nitrogen and oxygen atoms in total. The Kier molecular flexibility index (Phi) is 7.72. The number of halogens is 3. The van der Waals surface area contributed by atoms with Crippen molar-refractivity contribution in [2.24, 2.45) is 5.73 Å². The number of hydrogen-bond donors (Lipinski definition) is 3. The van der Waals surface area contributed by atoms with E-state index in [1.165, 1.54) is 24.3 Å². The number of alkyl halides is 3. The lowest BCUT2D eigenvalue weighted by molar-refractivity contribution is -0.137. The maximum Gasteiger partial charge on any atom is 0.416 e. The highest BCUT2D eigenvalue weighted by atomic mass is 19.4. The fraction of sp³-hybridized carbons (Fsp3) is 0.167. The van der Waals surface area contributed by atoms with Crippen LogP contribution >= 0.6 is 0 Å². The van der Waals surface area contributed by atoms with E-state index in [1.54, 1.807) is 17.0 Å². The zero-order valence-electron chi connectivity index (χ0n) is 22.6. The number of likely N-dealkylation sites (tertiary alicyclic amines) is 1. The van der Waals surface area contributed by atoms with Crippen LogP contribution in [0.4, 0.5) is 19.0 Å². The molecule has 1 saturated heterocycles. The molecule has 0 spiro atoms. The predicted octanol–water partition coefficient (Wildman–Crippen LogP) is 4.41. The number of nitrogen functional groups attached to an aromatic ring is 1. The largest absolute Gasteiger partial charge is 0.416 e. The van der Waals surface area contributed by atoms with Crippen molar-refractivity contribution in [3.8, 4) is 11.3 Å². The number of anilines is 1. The molecule has 3 heterocycles. The smallest absolute Gasteiger partial charge is 0.364 e. The molecular formula is C30H26F3N7O3. The molecule has 2 aromatic carbocycles. The van der Waals surface area contributed by atoms with E-state index in [4.69, 9.17) is 11.6 Å². The minimum Gasteiger partial charge on any atom is -0.364 e. The first kappa shape index (κ1) is 29.0. The van der Waals surface area contributed by atoms with E-state index in [0.717, 1.165) is 23.0 Å². The number of benzene rings is 2. The summed E-state index contributed by atoms with van der Waals surface area (Å²) in [6.07, 6.45) is -2.42. The molecule has 5 N–H and O–H groups in total. The Hall–Kier alpha value is -5.46. The molecule has 0 radical (unpaired) electrons. The zero-order chi connectivity index (χ0) is 30.9. The zero-order valence-corrected chi connectivity index (χ0v) is 22.6. The molecule has 1 fully saturated rings. The molecule has 5 rings (SSSR count). The number of imidazole rings is 1. The van der Waals surface area contributed by atoms with Crippen molar-refractivity contribution in [3.05, 3.63) is 108 Å². The fourth-order valence-electron chi connectivity index (χ4n) is 4.98. The van der Waals surface area contributed by atoms with Gasteiger partial charge in [-0.05, 0) is 42.7 Å². The summed E-state index contributed by atoms with van der Waals surface area (Å²) in [6, 6.07) is 15.8. The van der Waals surface area contributed by atoms with Gasteiger partial charge in [-0.25, -0.2) is 14.6 Å². The Labute approximate surface area is 243 Å². The normalized spacial score (nSPS) is 14.9. The van der Waals surface area contributed by atoms with Gasteiger partial charge in [0.25, 0.3) is 17.7 Å². The maximum atomic E-state index is 13.4. The number of primary amides is 1. The molecular weight excluding hydrogens is 563 g/mol. The Morgan fingerprint density at radius 2 is 1.70 bits per heavy atom. The molecule has 0 aliphatic carbocycles. The summed E-state index contributed by atoms with van der Waals surface area (Å²) in [5.74, 6) is 4.48. The van der Waals surface area contributed by atoms with Gasteiger partial charge in [-0.3, -0.25) is 14.4 Å². The highest BCUT2D eigenvalue weighted by Gasteiger charge is 2.36. The third-order valence-electron chi connectivity index (χ3n) is 7.11. The Morgan fingerprint density at radius 1 is 1.00 bits per heavy atom. The molecule has 0 bridgehead atoms. The molecule has 3 amide bonds.